The van der Waals surface area contributed by atoms with Crippen molar-refractivity contribution in [2.24, 2.45) is 0 Å². The lowest BCUT2D eigenvalue weighted by Gasteiger charge is -2.36. The highest BCUT2D eigenvalue weighted by Gasteiger charge is 2.34. The average molecular weight is 400 g/mol. The van der Waals surface area contributed by atoms with E-state index in [0.717, 1.165) is 23.2 Å². The van der Waals surface area contributed by atoms with Crippen molar-refractivity contribution in [3.05, 3.63) is 102 Å². The predicted molar refractivity (Wildman–Crippen MR) is 114 cm³/mol. The van der Waals surface area contributed by atoms with Gasteiger partial charge in [0, 0.05) is 23.1 Å². The van der Waals surface area contributed by atoms with Gasteiger partial charge in [0.1, 0.15) is 11.6 Å². The smallest absolute Gasteiger partial charge is 0.261 e. The van der Waals surface area contributed by atoms with Crippen LogP contribution in [-0.2, 0) is 11.2 Å². The summed E-state index contributed by atoms with van der Waals surface area (Å²) in [6.45, 7) is 0.533. The van der Waals surface area contributed by atoms with Gasteiger partial charge in [-0.25, -0.2) is 4.39 Å². The van der Waals surface area contributed by atoms with Crippen molar-refractivity contribution in [1.29, 1.82) is 0 Å². The van der Waals surface area contributed by atoms with E-state index in [1.807, 2.05) is 53.4 Å². The number of H-pyrrole nitrogens is 1. The van der Waals surface area contributed by atoms with E-state index in [0.29, 0.717) is 12.3 Å². The number of aromatic nitrogens is 1. The maximum Gasteiger partial charge on any atom is 0.261 e. The van der Waals surface area contributed by atoms with Gasteiger partial charge in [-0.3, -0.25) is 4.79 Å². The Bertz CT molecular complexity index is 1180. The molecule has 1 N–H and O–H groups in total. The van der Waals surface area contributed by atoms with Crippen LogP contribution < -0.4 is 4.74 Å². The van der Waals surface area contributed by atoms with Crippen molar-refractivity contribution >= 4 is 16.8 Å². The second-order valence-corrected chi connectivity index (χ2v) is 7.46. The van der Waals surface area contributed by atoms with Gasteiger partial charge in [-0.2, -0.15) is 0 Å². The molecule has 1 aliphatic rings. The molecule has 0 unspecified atom stereocenters. The van der Waals surface area contributed by atoms with Crippen LogP contribution in [0.15, 0.2) is 78.9 Å². The van der Waals surface area contributed by atoms with E-state index < -0.39 is 0 Å². The third kappa shape index (κ3) is 3.32. The molecule has 0 fully saturated rings. The molecule has 1 amide bonds. The number of carbonyl (C=O) groups excluding carboxylic acids is 1. The number of para-hydroxylation sites is 2. The minimum absolute atomic E-state index is 0.0444. The Morgan fingerprint density at radius 2 is 1.73 bits per heavy atom. The maximum atomic E-state index is 13.6. The first-order chi connectivity index (χ1) is 14.7. The first-order valence-electron chi connectivity index (χ1n) is 10.0. The van der Waals surface area contributed by atoms with Crippen LogP contribution in [0.4, 0.5) is 4.39 Å². The summed E-state index contributed by atoms with van der Waals surface area (Å²) in [5.41, 5.74) is 4.12. The summed E-state index contributed by atoms with van der Waals surface area (Å²) in [4.78, 5) is 18.5. The Balaban J connectivity index is 1.51. The number of halogens is 1. The lowest BCUT2D eigenvalue weighted by molar-refractivity contribution is -0.135. The van der Waals surface area contributed by atoms with E-state index in [1.165, 1.54) is 23.1 Å². The van der Waals surface area contributed by atoms with Gasteiger partial charge in [-0.15, -0.1) is 0 Å². The number of rotatable bonds is 4. The lowest BCUT2D eigenvalue weighted by atomic mass is 9.92. The number of hydrogen-bond acceptors (Lipinski definition) is 2. The summed E-state index contributed by atoms with van der Waals surface area (Å²) in [6, 6.07) is 23.5. The zero-order chi connectivity index (χ0) is 20.5. The molecular formula is C25H21FN2O2. The van der Waals surface area contributed by atoms with Crippen LogP contribution in [0.25, 0.3) is 10.9 Å². The molecule has 0 saturated heterocycles. The van der Waals surface area contributed by atoms with Crippen molar-refractivity contribution in [2.75, 3.05) is 13.2 Å². The monoisotopic (exact) mass is 400 g/mol. The van der Waals surface area contributed by atoms with Gasteiger partial charge in [0.25, 0.3) is 5.91 Å². The van der Waals surface area contributed by atoms with Crippen LogP contribution in [0.5, 0.6) is 5.75 Å². The molecule has 1 aromatic heterocycles. The summed E-state index contributed by atoms with van der Waals surface area (Å²) in [5.74, 6) is 0.265. The summed E-state index contributed by atoms with van der Waals surface area (Å²) in [5, 5.41) is 1.17. The highest BCUT2D eigenvalue weighted by molar-refractivity contribution is 5.86. The Labute approximate surface area is 173 Å². The molecule has 0 bridgehead atoms. The zero-order valence-corrected chi connectivity index (χ0v) is 16.3. The Hall–Kier alpha value is -3.60. The summed E-state index contributed by atoms with van der Waals surface area (Å²) >= 11 is 0. The summed E-state index contributed by atoms with van der Waals surface area (Å²) in [6.07, 6.45) is 0.758. The molecule has 150 valence electrons. The minimum atomic E-state index is -0.311. The second-order valence-electron chi connectivity index (χ2n) is 7.46. The van der Waals surface area contributed by atoms with Crippen molar-refractivity contribution in [2.45, 2.75) is 12.5 Å². The molecule has 1 aliphatic heterocycles. The molecule has 4 aromatic rings. The van der Waals surface area contributed by atoms with Gasteiger partial charge in [-0.1, -0.05) is 48.5 Å². The molecule has 0 aliphatic carbocycles. The van der Waals surface area contributed by atoms with Crippen LogP contribution in [0.3, 0.4) is 0 Å². The van der Waals surface area contributed by atoms with E-state index in [2.05, 4.69) is 11.1 Å². The van der Waals surface area contributed by atoms with Gasteiger partial charge in [0.2, 0.25) is 0 Å². The molecule has 0 spiro atoms. The number of hydrogen-bond donors (Lipinski definition) is 1. The van der Waals surface area contributed by atoms with Gasteiger partial charge in [0.05, 0.1) is 6.04 Å². The number of benzene rings is 3. The first kappa shape index (κ1) is 18.4. The first-order valence-corrected chi connectivity index (χ1v) is 10.0. The van der Waals surface area contributed by atoms with Crippen LogP contribution in [-0.4, -0.2) is 28.9 Å². The van der Waals surface area contributed by atoms with Crippen LogP contribution in [0.1, 0.15) is 22.9 Å². The zero-order valence-electron chi connectivity index (χ0n) is 16.3. The fraction of sp³-hybridized carbons (Fsp3) is 0.160. The Morgan fingerprint density at radius 1 is 1.00 bits per heavy atom. The van der Waals surface area contributed by atoms with Crippen molar-refractivity contribution in [1.82, 2.24) is 9.88 Å². The molecule has 5 heteroatoms. The van der Waals surface area contributed by atoms with E-state index in [4.69, 9.17) is 4.74 Å². The number of ether oxygens (including phenoxy) is 1. The van der Waals surface area contributed by atoms with Gasteiger partial charge in [-0.05, 0) is 47.9 Å². The quantitative estimate of drug-likeness (QED) is 0.532. The number of fused-ring (bicyclic) bond motifs is 3. The largest absolute Gasteiger partial charge is 0.484 e. The molecular weight excluding hydrogens is 379 g/mol. The molecule has 2 heterocycles. The van der Waals surface area contributed by atoms with Gasteiger partial charge < -0.3 is 14.6 Å². The van der Waals surface area contributed by atoms with Gasteiger partial charge >= 0.3 is 0 Å². The third-order valence-corrected chi connectivity index (χ3v) is 5.65. The van der Waals surface area contributed by atoms with Crippen molar-refractivity contribution in [3.8, 4) is 5.75 Å². The normalized spacial score (nSPS) is 15.8. The molecule has 0 radical (unpaired) electrons. The highest BCUT2D eigenvalue weighted by Crippen LogP contribution is 2.38. The standard InChI is InChI=1S/C25H21FN2O2/c26-18-12-10-17(11-13-18)25-24-21(20-8-4-5-9-22(20)27-24)14-15-28(25)23(29)16-30-19-6-2-1-3-7-19/h1-13,25,27H,14-16H2/t25-/m1/s1. The van der Waals surface area contributed by atoms with Crippen molar-refractivity contribution in [3.63, 3.8) is 0 Å². The number of nitrogens with one attached hydrogen (secondary N) is 1. The lowest BCUT2D eigenvalue weighted by Crippen LogP contribution is -2.42. The van der Waals surface area contributed by atoms with E-state index in [9.17, 15) is 9.18 Å². The molecule has 0 saturated carbocycles. The maximum absolute atomic E-state index is 13.6. The fourth-order valence-electron chi connectivity index (χ4n) is 4.25. The summed E-state index contributed by atoms with van der Waals surface area (Å²) in [7, 11) is 0. The number of aromatic amines is 1. The topological polar surface area (TPSA) is 45.3 Å². The molecule has 5 rings (SSSR count). The number of amides is 1. The fourth-order valence-corrected chi connectivity index (χ4v) is 4.25. The Morgan fingerprint density at radius 3 is 2.53 bits per heavy atom. The highest BCUT2D eigenvalue weighted by atomic mass is 19.1. The summed E-state index contributed by atoms with van der Waals surface area (Å²) < 4.78 is 19.3. The Kier molecular flexibility index (Phi) is 4.71. The number of carbonyl (C=O) groups is 1. The van der Waals surface area contributed by atoms with Crippen LogP contribution in [0, 0.1) is 5.82 Å². The molecule has 30 heavy (non-hydrogen) atoms. The predicted octanol–water partition coefficient (Wildman–Crippen LogP) is 4.86. The average Bonchev–Trinajstić information content (AvgIpc) is 3.17. The van der Waals surface area contributed by atoms with E-state index >= 15 is 0 Å². The van der Waals surface area contributed by atoms with E-state index in [1.54, 1.807) is 12.1 Å². The SMILES string of the molecule is O=C(COc1ccccc1)N1CCc2c([nH]c3ccccc23)[C@H]1c1ccc(F)cc1. The molecule has 4 nitrogen and oxygen atoms in total. The van der Waals surface area contributed by atoms with Gasteiger partial charge in [0.15, 0.2) is 6.61 Å². The molecule has 1 atom stereocenters. The van der Waals surface area contributed by atoms with Crippen LogP contribution >= 0.6 is 0 Å². The number of nitrogens with zero attached hydrogens (tertiary/aromatic N) is 1. The van der Waals surface area contributed by atoms with Crippen LogP contribution in [0.2, 0.25) is 0 Å². The second kappa shape index (κ2) is 7.67. The molecule has 3 aromatic carbocycles. The third-order valence-electron chi connectivity index (χ3n) is 5.65. The minimum Gasteiger partial charge on any atom is -0.484 e. The van der Waals surface area contributed by atoms with Crippen molar-refractivity contribution < 1.29 is 13.9 Å². The van der Waals surface area contributed by atoms with E-state index in [-0.39, 0.29) is 24.4 Å².